The van der Waals surface area contributed by atoms with Crippen molar-refractivity contribution in [2.45, 2.75) is 37.7 Å². The number of hydrogen-bond acceptors (Lipinski definition) is 3. The first kappa shape index (κ1) is 15.0. The first-order chi connectivity index (χ1) is 9.65. The monoisotopic (exact) mass is 276 g/mol. The molecule has 0 saturated carbocycles. The van der Waals surface area contributed by atoms with Gasteiger partial charge in [0.2, 0.25) is 5.91 Å². The molecule has 1 fully saturated rings. The maximum Gasteiger partial charge on any atom is 0.230 e. The molecular weight excluding hydrogens is 252 g/mol. The molecule has 0 bridgehead atoms. The lowest BCUT2D eigenvalue weighted by atomic mass is 9.72. The third kappa shape index (κ3) is 3.38. The molecular formula is C16H24N2O2. The molecule has 110 valence electrons. The molecule has 0 aromatic heterocycles. The number of benzene rings is 1. The molecule has 1 unspecified atom stereocenters. The number of rotatable bonds is 5. The summed E-state index contributed by atoms with van der Waals surface area (Å²) in [4.78, 5) is 12.7. The van der Waals surface area contributed by atoms with E-state index in [-0.39, 0.29) is 12.0 Å². The molecule has 0 spiro atoms. The lowest BCUT2D eigenvalue weighted by Crippen LogP contribution is -2.51. The number of aliphatic hydroxyl groups is 1. The molecule has 1 amide bonds. The van der Waals surface area contributed by atoms with E-state index in [4.69, 9.17) is 0 Å². The van der Waals surface area contributed by atoms with Crippen molar-refractivity contribution in [1.29, 1.82) is 0 Å². The Labute approximate surface area is 120 Å². The van der Waals surface area contributed by atoms with E-state index in [0.29, 0.717) is 13.0 Å². The van der Waals surface area contributed by atoms with E-state index in [0.717, 1.165) is 31.5 Å². The molecule has 1 saturated heterocycles. The van der Waals surface area contributed by atoms with Crippen molar-refractivity contribution >= 4 is 5.91 Å². The predicted octanol–water partition coefficient (Wildman–Crippen LogP) is 1.19. The van der Waals surface area contributed by atoms with Crippen molar-refractivity contribution in [3.63, 3.8) is 0 Å². The van der Waals surface area contributed by atoms with Crippen molar-refractivity contribution in [3.8, 4) is 0 Å². The van der Waals surface area contributed by atoms with Gasteiger partial charge in [0.25, 0.3) is 0 Å². The summed E-state index contributed by atoms with van der Waals surface area (Å²) in [5, 5.41) is 15.6. The highest BCUT2D eigenvalue weighted by atomic mass is 16.3. The Balaban J connectivity index is 2.13. The molecule has 4 heteroatoms. The molecule has 20 heavy (non-hydrogen) atoms. The van der Waals surface area contributed by atoms with E-state index in [1.165, 1.54) is 0 Å². The number of aliphatic hydroxyl groups excluding tert-OH is 1. The van der Waals surface area contributed by atoms with Crippen LogP contribution >= 0.6 is 0 Å². The molecule has 0 aliphatic carbocycles. The molecule has 1 aromatic rings. The van der Waals surface area contributed by atoms with Gasteiger partial charge in [0.15, 0.2) is 0 Å². The van der Waals surface area contributed by atoms with Gasteiger partial charge in [-0.2, -0.15) is 0 Å². The van der Waals surface area contributed by atoms with Crippen LogP contribution in [0.3, 0.4) is 0 Å². The molecule has 1 heterocycles. The molecule has 2 rings (SSSR count). The lowest BCUT2D eigenvalue weighted by molar-refractivity contribution is -0.127. The van der Waals surface area contributed by atoms with Gasteiger partial charge in [-0.05, 0) is 44.8 Å². The zero-order valence-corrected chi connectivity index (χ0v) is 12.1. The standard InChI is InChI=1S/C16H24N2O2/c1-13(19)7-10-18-15(20)16(8-11-17-12-9-16)14-5-3-2-4-6-14/h2-6,13,17,19H,7-12H2,1H3,(H,18,20). The predicted molar refractivity (Wildman–Crippen MR) is 79.5 cm³/mol. The normalized spacial score (nSPS) is 19.3. The molecule has 1 atom stereocenters. The SMILES string of the molecule is CC(O)CCNC(=O)C1(c2ccccc2)CCNCC1. The van der Waals surface area contributed by atoms with Crippen molar-refractivity contribution in [2.24, 2.45) is 0 Å². The highest BCUT2D eigenvalue weighted by molar-refractivity contribution is 5.88. The summed E-state index contributed by atoms with van der Waals surface area (Å²) in [6, 6.07) is 10.0. The molecule has 3 N–H and O–H groups in total. The Hall–Kier alpha value is -1.39. The largest absolute Gasteiger partial charge is 0.393 e. The average molecular weight is 276 g/mol. The Kier molecular flexibility index (Phi) is 5.15. The maximum atomic E-state index is 12.7. The van der Waals surface area contributed by atoms with Gasteiger partial charge in [-0.3, -0.25) is 4.79 Å². The summed E-state index contributed by atoms with van der Waals surface area (Å²) < 4.78 is 0. The topological polar surface area (TPSA) is 61.4 Å². The van der Waals surface area contributed by atoms with Crippen LogP contribution in [0.5, 0.6) is 0 Å². The summed E-state index contributed by atoms with van der Waals surface area (Å²) in [5.74, 6) is 0.0888. The number of carbonyl (C=O) groups is 1. The van der Waals surface area contributed by atoms with Crippen molar-refractivity contribution in [2.75, 3.05) is 19.6 Å². The summed E-state index contributed by atoms with van der Waals surface area (Å²) in [6.45, 7) is 3.99. The second kappa shape index (κ2) is 6.86. The first-order valence-corrected chi connectivity index (χ1v) is 7.38. The molecule has 1 aromatic carbocycles. The van der Waals surface area contributed by atoms with Gasteiger partial charge < -0.3 is 15.7 Å². The molecule has 1 aliphatic heterocycles. The fraction of sp³-hybridized carbons (Fsp3) is 0.562. The van der Waals surface area contributed by atoms with Crippen LogP contribution < -0.4 is 10.6 Å². The summed E-state index contributed by atoms with van der Waals surface area (Å²) >= 11 is 0. The van der Waals surface area contributed by atoms with Crippen LogP contribution in [0.2, 0.25) is 0 Å². The smallest absolute Gasteiger partial charge is 0.230 e. The van der Waals surface area contributed by atoms with Crippen LogP contribution in [-0.4, -0.2) is 36.8 Å². The fourth-order valence-corrected chi connectivity index (χ4v) is 2.82. The third-order valence-corrected chi connectivity index (χ3v) is 4.07. The van der Waals surface area contributed by atoms with Gasteiger partial charge >= 0.3 is 0 Å². The molecule has 1 aliphatic rings. The minimum absolute atomic E-state index is 0.0888. The van der Waals surface area contributed by atoms with Gasteiger partial charge in [0.1, 0.15) is 0 Å². The van der Waals surface area contributed by atoms with Gasteiger partial charge in [0, 0.05) is 6.54 Å². The van der Waals surface area contributed by atoms with Crippen LogP contribution in [-0.2, 0) is 10.2 Å². The quantitative estimate of drug-likeness (QED) is 0.757. The van der Waals surface area contributed by atoms with Gasteiger partial charge in [-0.15, -0.1) is 0 Å². The highest BCUT2D eigenvalue weighted by Gasteiger charge is 2.40. The summed E-state index contributed by atoms with van der Waals surface area (Å²) in [5.41, 5.74) is 0.668. The van der Waals surface area contributed by atoms with E-state index in [2.05, 4.69) is 10.6 Å². The van der Waals surface area contributed by atoms with Crippen molar-refractivity contribution in [3.05, 3.63) is 35.9 Å². The van der Waals surface area contributed by atoms with Crippen molar-refractivity contribution < 1.29 is 9.90 Å². The van der Waals surface area contributed by atoms with Gasteiger partial charge in [-0.25, -0.2) is 0 Å². The third-order valence-electron chi connectivity index (χ3n) is 4.07. The first-order valence-electron chi connectivity index (χ1n) is 7.38. The van der Waals surface area contributed by atoms with Crippen LogP contribution in [0.1, 0.15) is 31.7 Å². The van der Waals surface area contributed by atoms with E-state index < -0.39 is 5.41 Å². The van der Waals surface area contributed by atoms with Gasteiger partial charge in [-0.1, -0.05) is 30.3 Å². The Bertz CT molecular complexity index is 425. The highest BCUT2D eigenvalue weighted by Crippen LogP contribution is 2.33. The van der Waals surface area contributed by atoms with Crippen LogP contribution in [0, 0.1) is 0 Å². The summed E-state index contributed by atoms with van der Waals surface area (Å²) in [7, 11) is 0. The van der Waals surface area contributed by atoms with E-state index in [1.54, 1.807) is 6.92 Å². The number of nitrogens with one attached hydrogen (secondary N) is 2. The fourth-order valence-electron chi connectivity index (χ4n) is 2.82. The molecule has 4 nitrogen and oxygen atoms in total. The minimum atomic E-state index is -0.425. The van der Waals surface area contributed by atoms with Crippen LogP contribution in [0.4, 0.5) is 0 Å². The maximum absolute atomic E-state index is 12.7. The number of hydrogen-bond donors (Lipinski definition) is 3. The van der Waals surface area contributed by atoms with E-state index >= 15 is 0 Å². The minimum Gasteiger partial charge on any atom is -0.393 e. The second-order valence-corrected chi connectivity index (χ2v) is 5.59. The summed E-state index contributed by atoms with van der Waals surface area (Å²) in [6.07, 6.45) is 1.85. The lowest BCUT2D eigenvalue weighted by Gasteiger charge is -2.36. The Morgan fingerprint density at radius 1 is 1.35 bits per heavy atom. The van der Waals surface area contributed by atoms with Crippen LogP contribution in [0.25, 0.3) is 0 Å². The number of carbonyl (C=O) groups excluding carboxylic acids is 1. The molecule has 0 radical (unpaired) electrons. The number of amides is 1. The second-order valence-electron chi connectivity index (χ2n) is 5.59. The van der Waals surface area contributed by atoms with E-state index in [9.17, 15) is 9.90 Å². The Morgan fingerprint density at radius 3 is 2.60 bits per heavy atom. The van der Waals surface area contributed by atoms with Gasteiger partial charge in [0.05, 0.1) is 11.5 Å². The van der Waals surface area contributed by atoms with Crippen molar-refractivity contribution in [1.82, 2.24) is 10.6 Å². The number of piperidine rings is 1. The average Bonchev–Trinajstić information content (AvgIpc) is 2.48. The zero-order chi connectivity index (χ0) is 14.4. The van der Waals surface area contributed by atoms with Crippen LogP contribution in [0.15, 0.2) is 30.3 Å². The Morgan fingerprint density at radius 2 is 2.00 bits per heavy atom. The van der Waals surface area contributed by atoms with E-state index in [1.807, 2.05) is 30.3 Å². The zero-order valence-electron chi connectivity index (χ0n) is 12.1.